The first-order chi connectivity index (χ1) is 21.0. The van der Waals surface area contributed by atoms with Crippen molar-refractivity contribution in [2.45, 2.75) is 44.8 Å². The lowest BCUT2D eigenvalue weighted by Crippen LogP contribution is -2.56. The van der Waals surface area contributed by atoms with Gasteiger partial charge in [-0.25, -0.2) is 11.0 Å². The molecular formula is C33H38FN7O2. The van der Waals surface area contributed by atoms with Crippen LogP contribution in [0, 0.1) is 12.4 Å². The van der Waals surface area contributed by atoms with E-state index in [0.29, 0.717) is 56.6 Å². The highest BCUT2D eigenvalue weighted by atomic mass is 19.1. The average molecular weight is 584 g/mol. The average Bonchev–Trinajstić information content (AvgIpc) is 3.51. The number of likely N-dealkylation sites (tertiary alicyclic amines) is 1. The summed E-state index contributed by atoms with van der Waals surface area (Å²) < 4.78 is 20.9. The number of hydrogen-bond acceptors (Lipinski definition) is 7. The molecule has 0 saturated carbocycles. The van der Waals surface area contributed by atoms with Crippen molar-refractivity contribution < 1.29 is 13.9 Å². The third-order valence-electron chi connectivity index (χ3n) is 9.06. The Kier molecular flexibility index (Phi) is 8.43. The van der Waals surface area contributed by atoms with Gasteiger partial charge in [0.05, 0.1) is 12.2 Å². The molecule has 0 radical (unpaired) electrons. The van der Waals surface area contributed by atoms with E-state index in [0.717, 1.165) is 60.6 Å². The van der Waals surface area contributed by atoms with Crippen molar-refractivity contribution in [3.63, 3.8) is 0 Å². The van der Waals surface area contributed by atoms with Gasteiger partial charge < -0.3 is 24.3 Å². The summed E-state index contributed by atoms with van der Waals surface area (Å²) in [5.74, 6) is 0.442. The van der Waals surface area contributed by atoms with Crippen LogP contribution in [0.25, 0.3) is 15.6 Å². The Hall–Kier alpha value is -4.23. The number of fused-ring (bicyclic) bond motifs is 2. The summed E-state index contributed by atoms with van der Waals surface area (Å²) in [7, 11) is 0. The molecule has 10 heteroatoms. The van der Waals surface area contributed by atoms with Gasteiger partial charge in [-0.3, -0.25) is 9.69 Å². The summed E-state index contributed by atoms with van der Waals surface area (Å²) in [5, 5.41) is 1.48. The van der Waals surface area contributed by atoms with Crippen LogP contribution in [0.5, 0.6) is 6.01 Å². The molecule has 0 N–H and O–H groups in total. The first-order valence-electron chi connectivity index (χ1n) is 15.2. The fourth-order valence-electron chi connectivity index (χ4n) is 6.83. The van der Waals surface area contributed by atoms with Crippen molar-refractivity contribution in [3.05, 3.63) is 77.5 Å². The van der Waals surface area contributed by atoms with E-state index in [1.54, 1.807) is 4.90 Å². The summed E-state index contributed by atoms with van der Waals surface area (Å²) in [4.78, 5) is 34.7. The monoisotopic (exact) mass is 583 g/mol. The second-order valence-corrected chi connectivity index (χ2v) is 11.5. The summed E-state index contributed by atoms with van der Waals surface area (Å²) >= 11 is 0. The topological polar surface area (TPSA) is 69.4 Å². The van der Waals surface area contributed by atoms with E-state index >= 15 is 0 Å². The smallest absolute Gasteiger partial charge is 0.318 e. The Bertz CT molecular complexity index is 1560. The third-order valence-corrected chi connectivity index (χ3v) is 9.06. The molecule has 43 heavy (non-hydrogen) atoms. The zero-order chi connectivity index (χ0) is 29.9. The van der Waals surface area contributed by atoms with Gasteiger partial charge >= 0.3 is 6.01 Å². The number of halogens is 1. The van der Waals surface area contributed by atoms with E-state index < -0.39 is 0 Å². The molecule has 9 nitrogen and oxygen atoms in total. The molecule has 3 aliphatic rings. The van der Waals surface area contributed by atoms with Gasteiger partial charge in [0, 0.05) is 54.2 Å². The fraction of sp³-hybridized carbons (Fsp3) is 0.455. The van der Waals surface area contributed by atoms with Gasteiger partial charge in [0.25, 0.3) is 0 Å². The van der Waals surface area contributed by atoms with Crippen LogP contribution in [-0.4, -0.2) is 90.2 Å². The second-order valence-electron chi connectivity index (χ2n) is 11.5. The van der Waals surface area contributed by atoms with Crippen LogP contribution in [-0.2, 0) is 17.8 Å². The quantitative estimate of drug-likeness (QED) is 0.289. The summed E-state index contributed by atoms with van der Waals surface area (Å²) in [5.41, 5.74) is 2.93. The fourth-order valence-corrected chi connectivity index (χ4v) is 6.83. The van der Waals surface area contributed by atoms with E-state index in [-0.39, 0.29) is 24.3 Å². The van der Waals surface area contributed by atoms with Crippen molar-refractivity contribution in [3.8, 4) is 6.01 Å². The van der Waals surface area contributed by atoms with Crippen LogP contribution in [0.15, 0.2) is 49.1 Å². The normalized spacial score (nSPS) is 20.6. The van der Waals surface area contributed by atoms with Gasteiger partial charge in [0.2, 0.25) is 12.5 Å². The number of carbonyl (C=O) groups excluding carboxylic acids is 1. The van der Waals surface area contributed by atoms with E-state index in [1.807, 2.05) is 30.3 Å². The number of amides is 1. The van der Waals surface area contributed by atoms with Crippen LogP contribution in [0.1, 0.15) is 31.0 Å². The van der Waals surface area contributed by atoms with Crippen molar-refractivity contribution in [1.82, 2.24) is 19.8 Å². The number of aromatic nitrogens is 2. The maximum absolute atomic E-state index is 14.6. The predicted molar refractivity (Wildman–Crippen MR) is 166 cm³/mol. The number of anilines is 2. The highest BCUT2D eigenvalue weighted by molar-refractivity contribution is 5.94. The number of likely N-dealkylation sites (N-methyl/N-ethyl adjacent to an activating group) is 1. The zero-order valence-electron chi connectivity index (χ0n) is 24.7. The Morgan fingerprint density at radius 3 is 2.74 bits per heavy atom. The van der Waals surface area contributed by atoms with Crippen molar-refractivity contribution in [2.24, 2.45) is 0 Å². The van der Waals surface area contributed by atoms with Gasteiger partial charge in [0.15, 0.2) is 0 Å². The number of piperazine rings is 1. The van der Waals surface area contributed by atoms with E-state index in [9.17, 15) is 9.18 Å². The standard InChI is InChI=1S/C33H38FN7O2/c1-4-31(42)41-18-17-40(20-24(41)19-35-3)32-27-14-16-39(30-13-12-28(34)25-10-6-7-11-26(25)30)21-29(27)36-33(37-32)43-22-23-9-8-15-38(23)5-2/h4,6-7,10-13,23-24H,1,5,8-9,14-22H2,2H3/t23-,24?/m0/s1. The first-order valence-corrected chi connectivity index (χ1v) is 15.2. The van der Waals surface area contributed by atoms with Crippen molar-refractivity contribution in [2.75, 3.05) is 62.2 Å². The van der Waals surface area contributed by atoms with Crippen LogP contribution < -0.4 is 14.5 Å². The molecule has 4 heterocycles. The SMILES string of the molecule is [C-]#[N+]CC1CN(c2nc(OC[C@@H]3CCCN3CC)nc3c2CCN(c2ccc(F)c4ccccc24)C3)CCN1C(=O)C=C. The van der Waals surface area contributed by atoms with Crippen LogP contribution in [0.3, 0.4) is 0 Å². The molecule has 0 bridgehead atoms. The Morgan fingerprint density at radius 2 is 1.95 bits per heavy atom. The Labute approximate surface area is 252 Å². The second kappa shape index (κ2) is 12.6. The number of rotatable bonds is 8. The zero-order valence-corrected chi connectivity index (χ0v) is 24.7. The maximum Gasteiger partial charge on any atom is 0.318 e. The lowest BCUT2D eigenvalue weighted by Gasteiger charge is -2.41. The van der Waals surface area contributed by atoms with Gasteiger partial charge in [-0.2, -0.15) is 9.97 Å². The molecule has 1 unspecified atom stereocenters. The molecule has 2 fully saturated rings. The highest BCUT2D eigenvalue weighted by Gasteiger charge is 2.35. The van der Waals surface area contributed by atoms with E-state index in [2.05, 4.69) is 33.0 Å². The molecule has 2 saturated heterocycles. The minimum atomic E-state index is -0.256. The molecule has 0 aliphatic carbocycles. The number of carbonyl (C=O) groups is 1. The van der Waals surface area contributed by atoms with Crippen molar-refractivity contribution >= 4 is 28.2 Å². The molecule has 3 aromatic rings. The van der Waals surface area contributed by atoms with Crippen LogP contribution >= 0.6 is 0 Å². The maximum atomic E-state index is 14.6. The van der Waals surface area contributed by atoms with Crippen molar-refractivity contribution in [1.29, 1.82) is 0 Å². The predicted octanol–water partition coefficient (Wildman–Crippen LogP) is 4.32. The number of nitrogens with zero attached hydrogens (tertiary/aromatic N) is 7. The third kappa shape index (κ3) is 5.74. The molecule has 1 aromatic heterocycles. The van der Waals surface area contributed by atoms with E-state index in [4.69, 9.17) is 21.3 Å². The van der Waals surface area contributed by atoms with Gasteiger partial charge in [-0.05, 0) is 50.6 Å². The molecule has 224 valence electrons. The molecule has 3 aliphatic heterocycles. The molecule has 2 atom stereocenters. The number of ether oxygens (including phenoxy) is 1. The van der Waals surface area contributed by atoms with Crippen LogP contribution in [0.2, 0.25) is 0 Å². The minimum Gasteiger partial charge on any atom is -0.462 e. The Balaban J connectivity index is 1.33. The highest BCUT2D eigenvalue weighted by Crippen LogP contribution is 2.35. The molecule has 2 aromatic carbocycles. The van der Waals surface area contributed by atoms with Gasteiger partial charge in [-0.15, -0.1) is 0 Å². The lowest BCUT2D eigenvalue weighted by atomic mass is 10.0. The molecular weight excluding hydrogens is 545 g/mol. The van der Waals surface area contributed by atoms with E-state index in [1.165, 1.54) is 12.1 Å². The van der Waals surface area contributed by atoms with Gasteiger partial charge in [0.1, 0.15) is 24.3 Å². The minimum absolute atomic E-state index is 0.152. The Morgan fingerprint density at radius 1 is 1.12 bits per heavy atom. The number of benzene rings is 2. The van der Waals surface area contributed by atoms with Gasteiger partial charge in [-0.1, -0.05) is 37.8 Å². The van der Waals surface area contributed by atoms with Crippen LogP contribution in [0.4, 0.5) is 15.9 Å². The molecule has 0 spiro atoms. The summed E-state index contributed by atoms with van der Waals surface area (Å²) in [6.07, 6.45) is 4.28. The molecule has 6 rings (SSSR count). The first kappa shape index (κ1) is 28.9. The summed E-state index contributed by atoms with van der Waals surface area (Å²) in [6, 6.07) is 11.4. The summed E-state index contributed by atoms with van der Waals surface area (Å²) in [6.45, 7) is 19.0. The molecule has 1 amide bonds. The largest absolute Gasteiger partial charge is 0.462 e. The lowest BCUT2D eigenvalue weighted by molar-refractivity contribution is -0.128. The number of hydrogen-bond donors (Lipinski definition) is 0.